The Hall–Kier alpha value is -3.14. The number of aryl methyl sites for hydroxylation is 1. The second-order valence-electron chi connectivity index (χ2n) is 6.29. The molecule has 3 aromatic rings. The van der Waals surface area contributed by atoms with Gasteiger partial charge in [-0.05, 0) is 12.5 Å². The van der Waals surface area contributed by atoms with Crippen LogP contribution in [0.3, 0.4) is 0 Å². The van der Waals surface area contributed by atoms with Gasteiger partial charge in [-0.3, -0.25) is 9.89 Å². The number of nitrogens with one attached hydrogen (secondary N) is 1. The van der Waals surface area contributed by atoms with Gasteiger partial charge >= 0.3 is 0 Å². The summed E-state index contributed by atoms with van der Waals surface area (Å²) >= 11 is 0. The first-order chi connectivity index (χ1) is 12.2. The number of rotatable bonds is 4. The highest BCUT2D eigenvalue weighted by atomic mass is 16.2. The first kappa shape index (κ1) is 15.4. The van der Waals surface area contributed by atoms with Crippen molar-refractivity contribution in [3.05, 3.63) is 89.6 Å². The third kappa shape index (κ3) is 2.47. The van der Waals surface area contributed by atoms with Gasteiger partial charge in [-0.1, -0.05) is 66.2 Å². The van der Waals surface area contributed by atoms with Gasteiger partial charge in [0.25, 0.3) is 5.91 Å². The van der Waals surface area contributed by atoms with Crippen LogP contribution in [0.15, 0.2) is 67.3 Å². The third-order valence-electron chi connectivity index (χ3n) is 4.63. The highest BCUT2D eigenvalue weighted by Gasteiger charge is 2.41. The molecule has 0 saturated carbocycles. The fourth-order valence-electron chi connectivity index (χ4n) is 3.44. The largest absolute Gasteiger partial charge is 0.322 e. The molecule has 0 spiro atoms. The van der Waals surface area contributed by atoms with Gasteiger partial charge in [0.1, 0.15) is 5.69 Å². The van der Waals surface area contributed by atoms with E-state index in [-0.39, 0.29) is 11.9 Å². The van der Waals surface area contributed by atoms with Gasteiger partial charge in [0.05, 0.1) is 11.7 Å². The van der Waals surface area contributed by atoms with Crippen molar-refractivity contribution in [2.45, 2.75) is 13.0 Å². The van der Waals surface area contributed by atoms with Crippen LogP contribution in [-0.2, 0) is 0 Å². The molecule has 1 unspecified atom stereocenters. The smallest absolute Gasteiger partial charge is 0.273 e. The molecule has 25 heavy (non-hydrogen) atoms. The Bertz CT molecular complexity index is 926. The van der Waals surface area contributed by atoms with Crippen LogP contribution >= 0.6 is 0 Å². The maximum Gasteiger partial charge on any atom is 0.273 e. The van der Waals surface area contributed by atoms with Crippen molar-refractivity contribution in [1.82, 2.24) is 15.1 Å². The SMILES string of the molecule is C=CCN1C(=O)c2[nH]nc(-c3ccccc3)c2C1c1ccc(C)cc1. The molecule has 1 aliphatic rings. The Kier molecular flexibility index (Phi) is 3.73. The first-order valence-corrected chi connectivity index (χ1v) is 8.33. The van der Waals surface area contributed by atoms with Crippen LogP contribution < -0.4 is 0 Å². The summed E-state index contributed by atoms with van der Waals surface area (Å²) in [7, 11) is 0. The lowest BCUT2D eigenvalue weighted by molar-refractivity contribution is 0.0764. The minimum atomic E-state index is -0.157. The lowest BCUT2D eigenvalue weighted by atomic mass is 9.95. The van der Waals surface area contributed by atoms with E-state index in [1.807, 2.05) is 35.2 Å². The lowest BCUT2D eigenvalue weighted by Crippen LogP contribution is -2.29. The Labute approximate surface area is 146 Å². The number of amides is 1. The Morgan fingerprint density at radius 2 is 1.88 bits per heavy atom. The molecule has 4 nitrogen and oxygen atoms in total. The van der Waals surface area contributed by atoms with E-state index in [0.29, 0.717) is 12.2 Å². The predicted octanol–water partition coefficient (Wildman–Crippen LogP) is 4.12. The van der Waals surface area contributed by atoms with E-state index >= 15 is 0 Å². The van der Waals surface area contributed by atoms with Gasteiger partial charge in [0.2, 0.25) is 0 Å². The van der Waals surface area contributed by atoms with E-state index in [1.54, 1.807) is 6.08 Å². The number of nitrogens with zero attached hydrogens (tertiary/aromatic N) is 2. The van der Waals surface area contributed by atoms with E-state index in [4.69, 9.17) is 0 Å². The van der Waals surface area contributed by atoms with Crippen molar-refractivity contribution < 1.29 is 4.79 Å². The van der Waals surface area contributed by atoms with Crippen molar-refractivity contribution in [2.24, 2.45) is 0 Å². The quantitative estimate of drug-likeness (QED) is 0.732. The van der Waals surface area contributed by atoms with Crippen LogP contribution in [0.25, 0.3) is 11.3 Å². The standard InChI is InChI=1S/C21H19N3O/c1-3-13-24-20(16-11-9-14(2)10-12-16)17-18(15-7-5-4-6-8-15)22-23-19(17)21(24)25/h3-12,20H,1,13H2,2H3,(H,22,23). The molecule has 124 valence electrons. The molecule has 4 heteroatoms. The molecule has 0 saturated heterocycles. The Morgan fingerprint density at radius 1 is 1.16 bits per heavy atom. The Balaban J connectivity index is 1.90. The average molecular weight is 329 g/mol. The summed E-state index contributed by atoms with van der Waals surface area (Å²) in [6.45, 7) is 6.36. The third-order valence-corrected chi connectivity index (χ3v) is 4.63. The van der Waals surface area contributed by atoms with Crippen LogP contribution in [0.4, 0.5) is 0 Å². The fraction of sp³-hybridized carbons (Fsp3) is 0.143. The van der Waals surface area contributed by atoms with Gasteiger partial charge in [-0.2, -0.15) is 5.10 Å². The first-order valence-electron chi connectivity index (χ1n) is 8.33. The number of fused-ring (bicyclic) bond motifs is 1. The lowest BCUT2D eigenvalue weighted by Gasteiger charge is -2.25. The zero-order valence-corrected chi connectivity index (χ0v) is 14.1. The van der Waals surface area contributed by atoms with Crippen molar-refractivity contribution >= 4 is 5.91 Å². The molecule has 1 amide bonds. The average Bonchev–Trinajstić information content (AvgIpc) is 3.17. The van der Waals surface area contributed by atoms with Crippen LogP contribution in [0.5, 0.6) is 0 Å². The van der Waals surface area contributed by atoms with Crippen LogP contribution in [-0.4, -0.2) is 27.5 Å². The number of aromatic nitrogens is 2. The predicted molar refractivity (Wildman–Crippen MR) is 98.3 cm³/mol. The summed E-state index contributed by atoms with van der Waals surface area (Å²) in [5, 5.41) is 7.41. The summed E-state index contributed by atoms with van der Waals surface area (Å²) < 4.78 is 0. The molecular formula is C21H19N3O. The molecule has 0 aliphatic carbocycles. The van der Waals surface area contributed by atoms with E-state index in [2.05, 4.69) is 48.0 Å². The van der Waals surface area contributed by atoms with Crippen molar-refractivity contribution in [1.29, 1.82) is 0 Å². The van der Waals surface area contributed by atoms with Gasteiger partial charge in [0, 0.05) is 17.7 Å². The van der Waals surface area contributed by atoms with Gasteiger partial charge in [-0.15, -0.1) is 6.58 Å². The molecule has 2 aromatic carbocycles. The number of carbonyl (C=O) groups is 1. The fourth-order valence-corrected chi connectivity index (χ4v) is 3.44. The molecule has 0 bridgehead atoms. The molecule has 2 heterocycles. The normalized spacial score (nSPS) is 16.1. The highest BCUT2D eigenvalue weighted by Crippen LogP contribution is 2.42. The summed E-state index contributed by atoms with van der Waals surface area (Å²) in [6.07, 6.45) is 1.76. The van der Waals surface area contributed by atoms with Crippen molar-refractivity contribution in [3.8, 4) is 11.3 Å². The van der Waals surface area contributed by atoms with E-state index < -0.39 is 0 Å². The van der Waals surface area contributed by atoms with E-state index in [9.17, 15) is 4.79 Å². The van der Waals surface area contributed by atoms with Crippen LogP contribution in [0.1, 0.15) is 33.2 Å². The minimum absolute atomic E-state index is 0.0323. The number of carbonyl (C=O) groups excluding carboxylic acids is 1. The highest BCUT2D eigenvalue weighted by molar-refractivity contribution is 6.00. The molecule has 1 aliphatic heterocycles. The monoisotopic (exact) mass is 329 g/mol. The molecule has 1 aromatic heterocycles. The second-order valence-corrected chi connectivity index (χ2v) is 6.29. The van der Waals surface area contributed by atoms with Gasteiger partial charge in [0.15, 0.2) is 0 Å². The number of aromatic amines is 1. The summed E-state index contributed by atoms with van der Waals surface area (Å²) in [5.74, 6) is -0.0323. The molecule has 0 fully saturated rings. The number of hydrogen-bond acceptors (Lipinski definition) is 2. The zero-order valence-electron chi connectivity index (χ0n) is 14.1. The second kappa shape index (κ2) is 6.06. The Morgan fingerprint density at radius 3 is 2.56 bits per heavy atom. The maximum absolute atomic E-state index is 12.9. The summed E-state index contributed by atoms with van der Waals surface area (Å²) in [5.41, 5.74) is 5.64. The number of H-pyrrole nitrogens is 1. The topological polar surface area (TPSA) is 49.0 Å². The zero-order chi connectivity index (χ0) is 17.4. The van der Waals surface area contributed by atoms with Crippen molar-refractivity contribution in [3.63, 3.8) is 0 Å². The number of hydrogen-bond donors (Lipinski definition) is 1. The maximum atomic E-state index is 12.9. The van der Waals surface area contributed by atoms with Crippen LogP contribution in [0.2, 0.25) is 0 Å². The molecule has 1 N–H and O–H groups in total. The molecular weight excluding hydrogens is 310 g/mol. The van der Waals surface area contributed by atoms with Crippen LogP contribution in [0, 0.1) is 6.92 Å². The molecule has 4 rings (SSSR count). The van der Waals surface area contributed by atoms with Gasteiger partial charge in [-0.25, -0.2) is 0 Å². The minimum Gasteiger partial charge on any atom is -0.322 e. The summed E-state index contributed by atoms with van der Waals surface area (Å²) in [4.78, 5) is 14.7. The van der Waals surface area contributed by atoms with E-state index in [1.165, 1.54) is 5.56 Å². The van der Waals surface area contributed by atoms with Crippen molar-refractivity contribution in [2.75, 3.05) is 6.54 Å². The summed E-state index contributed by atoms with van der Waals surface area (Å²) in [6, 6.07) is 18.1. The number of benzene rings is 2. The van der Waals surface area contributed by atoms with E-state index in [0.717, 1.165) is 22.4 Å². The molecule has 0 radical (unpaired) electrons. The molecule has 1 atom stereocenters. The van der Waals surface area contributed by atoms with Gasteiger partial charge < -0.3 is 4.90 Å².